The van der Waals surface area contributed by atoms with Gasteiger partial charge in [0.15, 0.2) is 0 Å². The fraction of sp³-hybridized carbons (Fsp3) is 0.100. The van der Waals surface area contributed by atoms with Gasteiger partial charge in [-0.2, -0.15) is 0 Å². The molecule has 0 atom stereocenters. The number of hydrogen-bond donors (Lipinski definition) is 1. The van der Waals surface area contributed by atoms with Crippen molar-refractivity contribution in [3.8, 4) is 0 Å². The maximum atomic E-state index is 5.14. The normalized spacial score (nSPS) is 9.50. The van der Waals surface area contributed by atoms with Crippen molar-refractivity contribution in [2.45, 2.75) is 4.90 Å². The highest BCUT2D eigenvalue weighted by molar-refractivity contribution is 9.11. The zero-order valence-corrected chi connectivity index (χ0v) is 10.7. The Kier molecular flexibility index (Phi) is 5.22. The molecule has 0 heterocycles. The second-order valence-electron chi connectivity index (χ2n) is 2.57. The first kappa shape index (κ1) is 11.8. The van der Waals surface area contributed by atoms with Crippen LogP contribution >= 0.6 is 39.9 Å². The van der Waals surface area contributed by atoms with Gasteiger partial charge in [-0.05, 0) is 12.1 Å². The molecule has 0 aliphatic heterocycles. The van der Waals surface area contributed by atoms with Gasteiger partial charge in [0.2, 0.25) is 0 Å². The minimum Gasteiger partial charge on any atom is -0.366 e. The molecule has 0 saturated carbocycles. The van der Waals surface area contributed by atoms with E-state index < -0.39 is 0 Å². The Morgan fingerprint density at radius 2 is 2.07 bits per heavy atom. The van der Waals surface area contributed by atoms with Crippen LogP contribution in [0.15, 0.2) is 46.3 Å². The SMILES string of the molecule is C=C(Br)CNC(=S)Sc1ccccc1. The summed E-state index contributed by atoms with van der Waals surface area (Å²) >= 11 is 9.95. The van der Waals surface area contributed by atoms with Crippen LogP contribution in [0.1, 0.15) is 0 Å². The average molecular weight is 288 g/mol. The van der Waals surface area contributed by atoms with Crippen molar-refractivity contribution in [3.05, 3.63) is 41.4 Å². The van der Waals surface area contributed by atoms with Gasteiger partial charge in [0.05, 0.1) is 0 Å². The van der Waals surface area contributed by atoms with Gasteiger partial charge < -0.3 is 5.32 Å². The van der Waals surface area contributed by atoms with Gasteiger partial charge in [-0.15, -0.1) is 0 Å². The summed E-state index contributed by atoms with van der Waals surface area (Å²) in [5, 5.41) is 3.08. The first-order valence-electron chi connectivity index (χ1n) is 4.02. The molecular weight excluding hydrogens is 278 g/mol. The Bertz CT molecular complexity index is 324. The topological polar surface area (TPSA) is 12.0 Å². The monoisotopic (exact) mass is 287 g/mol. The summed E-state index contributed by atoms with van der Waals surface area (Å²) in [5.41, 5.74) is 0. The van der Waals surface area contributed by atoms with Gasteiger partial charge in [0.1, 0.15) is 4.32 Å². The molecule has 0 aliphatic rings. The summed E-state index contributed by atoms with van der Waals surface area (Å²) in [5.74, 6) is 0. The van der Waals surface area contributed by atoms with Crippen molar-refractivity contribution in [2.24, 2.45) is 0 Å². The Morgan fingerprint density at radius 1 is 1.43 bits per heavy atom. The van der Waals surface area contributed by atoms with E-state index in [1.165, 1.54) is 0 Å². The largest absolute Gasteiger partial charge is 0.366 e. The molecule has 0 saturated heterocycles. The number of benzene rings is 1. The predicted octanol–water partition coefficient (Wildman–Crippen LogP) is 3.56. The quantitative estimate of drug-likeness (QED) is 0.674. The van der Waals surface area contributed by atoms with Crippen LogP contribution in [0.5, 0.6) is 0 Å². The molecule has 1 aromatic rings. The fourth-order valence-corrected chi connectivity index (χ4v) is 1.95. The van der Waals surface area contributed by atoms with E-state index in [2.05, 4.69) is 27.8 Å². The Balaban J connectivity index is 2.38. The first-order chi connectivity index (χ1) is 6.68. The van der Waals surface area contributed by atoms with E-state index in [-0.39, 0.29) is 0 Å². The van der Waals surface area contributed by atoms with Crippen molar-refractivity contribution in [1.29, 1.82) is 0 Å². The molecule has 1 nitrogen and oxygen atoms in total. The minimum absolute atomic E-state index is 0.665. The Labute approximate surface area is 102 Å². The lowest BCUT2D eigenvalue weighted by Crippen LogP contribution is -2.19. The Morgan fingerprint density at radius 3 is 2.64 bits per heavy atom. The summed E-state index contributed by atoms with van der Waals surface area (Å²) in [6.45, 7) is 4.38. The molecule has 0 aliphatic carbocycles. The molecule has 1 rings (SSSR count). The number of halogens is 1. The molecular formula is C10H10BrNS2. The summed E-state index contributed by atoms with van der Waals surface area (Å²) in [7, 11) is 0. The maximum absolute atomic E-state index is 5.14. The number of rotatable bonds is 3. The molecule has 74 valence electrons. The number of thioether (sulfide) groups is 1. The van der Waals surface area contributed by atoms with E-state index in [1.807, 2.05) is 30.3 Å². The van der Waals surface area contributed by atoms with Gasteiger partial charge >= 0.3 is 0 Å². The molecule has 1 aromatic carbocycles. The highest BCUT2D eigenvalue weighted by Gasteiger charge is 1.98. The zero-order chi connectivity index (χ0) is 10.4. The number of hydrogen-bond acceptors (Lipinski definition) is 2. The van der Waals surface area contributed by atoms with E-state index in [0.717, 1.165) is 13.7 Å². The molecule has 0 fully saturated rings. The van der Waals surface area contributed by atoms with Crippen molar-refractivity contribution in [3.63, 3.8) is 0 Å². The molecule has 0 unspecified atom stereocenters. The fourth-order valence-electron chi connectivity index (χ4n) is 0.800. The number of nitrogens with one attached hydrogen (secondary N) is 1. The standard InChI is InChI=1S/C10H10BrNS2/c1-8(11)7-12-10(13)14-9-5-3-2-4-6-9/h2-6H,1,7H2,(H,12,13). The van der Waals surface area contributed by atoms with Crippen LogP contribution in [0.4, 0.5) is 0 Å². The average Bonchev–Trinajstić information content (AvgIpc) is 2.16. The van der Waals surface area contributed by atoms with E-state index in [1.54, 1.807) is 11.8 Å². The smallest absolute Gasteiger partial charge is 0.138 e. The van der Waals surface area contributed by atoms with Crippen LogP contribution in [0.3, 0.4) is 0 Å². The van der Waals surface area contributed by atoms with E-state index in [4.69, 9.17) is 12.2 Å². The lowest BCUT2D eigenvalue weighted by atomic mass is 10.4. The van der Waals surface area contributed by atoms with Crippen LogP contribution < -0.4 is 5.32 Å². The van der Waals surface area contributed by atoms with Crippen molar-refractivity contribution in [1.82, 2.24) is 5.32 Å². The highest BCUT2D eigenvalue weighted by atomic mass is 79.9. The van der Waals surface area contributed by atoms with Crippen LogP contribution in [0, 0.1) is 0 Å². The second-order valence-corrected chi connectivity index (χ2v) is 5.45. The van der Waals surface area contributed by atoms with E-state index in [9.17, 15) is 0 Å². The molecule has 1 N–H and O–H groups in total. The van der Waals surface area contributed by atoms with Crippen LogP contribution in [-0.4, -0.2) is 10.9 Å². The van der Waals surface area contributed by atoms with Gasteiger partial charge in [-0.3, -0.25) is 0 Å². The van der Waals surface area contributed by atoms with Crippen molar-refractivity contribution in [2.75, 3.05) is 6.54 Å². The molecule has 4 heteroatoms. The maximum Gasteiger partial charge on any atom is 0.138 e. The molecule has 0 bridgehead atoms. The lowest BCUT2D eigenvalue weighted by molar-refractivity contribution is 1.07. The molecule has 0 aromatic heterocycles. The van der Waals surface area contributed by atoms with Crippen LogP contribution in [0.25, 0.3) is 0 Å². The van der Waals surface area contributed by atoms with Gasteiger partial charge in [0.25, 0.3) is 0 Å². The summed E-state index contributed by atoms with van der Waals surface area (Å²) in [6, 6.07) is 10.0. The minimum atomic E-state index is 0.665. The zero-order valence-electron chi connectivity index (χ0n) is 7.50. The third kappa shape index (κ3) is 4.79. The van der Waals surface area contributed by atoms with Crippen molar-refractivity contribution < 1.29 is 0 Å². The molecule has 14 heavy (non-hydrogen) atoms. The third-order valence-electron chi connectivity index (χ3n) is 1.38. The highest BCUT2D eigenvalue weighted by Crippen LogP contribution is 2.17. The first-order valence-corrected chi connectivity index (χ1v) is 6.04. The molecule has 0 radical (unpaired) electrons. The lowest BCUT2D eigenvalue weighted by Gasteiger charge is -2.05. The van der Waals surface area contributed by atoms with Crippen molar-refractivity contribution >= 4 is 44.2 Å². The Hall–Kier alpha value is -0.320. The van der Waals surface area contributed by atoms with Crippen LogP contribution in [0.2, 0.25) is 0 Å². The number of thiocarbonyl (C=S) groups is 1. The van der Waals surface area contributed by atoms with Gasteiger partial charge in [-0.1, -0.05) is 64.7 Å². The summed E-state index contributed by atoms with van der Waals surface area (Å²) < 4.78 is 1.66. The molecule has 0 spiro atoms. The third-order valence-corrected chi connectivity index (χ3v) is 2.89. The van der Waals surface area contributed by atoms with Gasteiger partial charge in [-0.25, -0.2) is 0 Å². The van der Waals surface area contributed by atoms with Crippen LogP contribution in [-0.2, 0) is 0 Å². The predicted molar refractivity (Wildman–Crippen MR) is 71.0 cm³/mol. The van der Waals surface area contributed by atoms with E-state index >= 15 is 0 Å². The van der Waals surface area contributed by atoms with Gasteiger partial charge in [0, 0.05) is 15.9 Å². The summed E-state index contributed by atoms with van der Waals surface area (Å²) in [6.07, 6.45) is 0. The van der Waals surface area contributed by atoms with E-state index in [0.29, 0.717) is 6.54 Å². The second kappa shape index (κ2) is 6.22. The summed E-state index contributed by atoms with van der Waals surface area (Å²) in [4.78, 5) is 1.14. The molecule has 0 amide bonds.